The molecule has 0 unspecified atom stereocenters. The number of hydrogen-bond donors (Lipinski definition) is 1. The predicted molar refractivity (Wildman–Crippen MR) is 79.4 cm³/mol. The maximum absolute atomic E-state index is 4.82. The van der Waals surface area contributed by atoms with E-state index in [0.717, 1.165) is 41.6 Å². The molecule has 104 valence electrons. The molecule has 1 N–H and O–H groups in total. The van der Waals surface area contributed by atoms with Crippen LogP contribution in [0.4, 0.5) is 0 Å². The van der Waals surface area contributed by atoms with Gasteiger partial charge in [-0.1, -0.05) is 13.8 Å². The van der Waals surface area contributed by atoms with Crippen LogP contribution in [0.15, 0.2) is 12.1 Å². The van der Waals surface area contributed by atoms with E-state index in [-0.39, 0.29) is 0 Å². The molecule has 0 bridgehead atoms. The lowest BCUT2D eigenvalue weighted by Gasteiger charge is -2.12. The van der Waals surface area contributed by atoms with Gasteiger partial charge in [-0.05, 0) is 31.9 Å². The molecule has 0 atom stereocenters. The van der Waals surface area contributed by atoms with E-state index in [9.17, 15) is 0 Å². The van der Waals surface area contributed by atoms with E-state index in [0.29, 0.717) is 5.92 Å². The van der Waals surface area contributed by atoms with Gasteiger partial charge >= 0.3 is 0 Å². The lowest BCUT2D eigenvalue weighted by Crippen LogP contribution is -2.05. The van der Waals surface area contributed by atoms with Crippen molar-refractivity contribution in [3.8, 4) is 11.4 Å². The molecule has 4 nitrogen and oxygen atoms in total. The number of rotatable bonds is 2. The van der Waals surface area contributed by atoms with Crippen LogP contribution in [0.2, 0.25) is 0 Å². The molecule has 0 fully saturated rings. The van der Waals surface area contributed by atoms with Gasteiger partial charge in [-0.15, -0.1) is 0 Å². The van der Waals surface area contributed by atoms with Crippen molar-refractivity contribution in [2.24, 2.45) is 0 Å². The topological polar surface area (TPSA) is 50.7 Å². The zero-order chi connectivity index (χ0) is 14.3. The first-order valence-electron chi connectivity index (χ1n) is 7.10. The Morgan fingerprint density at radius 1 is 1.00 bits per heavy atom. The summed E-state index contributed by atoms with van der Waals surface area (Å²) in [7, 11) is 0. The second-order valence-corrected chi connectivity index (χ2v) is 5.75. The van der Waals surface area contributed by atoms with Gasteiger partial charge in [0, 0.05) is 35.6 Å². The average molecular weight is 268 g/mol. The second kappa shape index (κ2) is 4.94. The first kappa shape index (κ1) is 13.2. The van der Waals surface area contributed by atoms with Crippen molar-refractivity contribution in [2.75, 3.05) is 0 Å². The van der Waals surface area contributed by atoms with Crippen LogP contribution in [0.5, 0.6) is 0 Å². The van der Waals surface area contributed by atoms with E-state index in [1.165, 1.54) is 11.3 Å². The van der Waals surface area contributed by atoms with Gasteiger partial charge in [-0.25, -0.2) is 9.97 Å². The van der Waals surface area contributed by atoms with Gasteiger partial charge < -0.3 is 5.32 Å². The predicted octanol–water partition coefficient (Wildman–Crippen LogP) is 2.88. The Kier molecular flexibility index (Phi) is 3.26. The molecule has 20 heavy (non-hydrogen) atoms. The molecule has 2 aromatic heterocycles. The zero-order valence-electron chi connectivity index (χ0n) is 12.5. The first-order chi connectivity index (χ1) is 9.54. The summed E-state index contributed by atoms with van der Waals surface area (Å²) < 4.78 is 0. The molecule has 1 aliphatic heterocycles. The van der Waals surface area contributed by atoms with Crippen LogP contribution >= 0.6 is 0 Å². The van der Waals surface area contributed by atoms with Gasteiger partial charge in [0.25, 0.3) is 0 Å². The third-order valence-electron chi connectivity index (χ3n) is 3.61. The van der Waals surface area contributed by atoms with E-state index in [4.69, 9.17) is 9.97 Å². The molecule has 0 aromatic carbocycles. The van der Waals surface area contributed by atoms with Crippen LogP contribution in [0, 0.1) is 13.8 Å². The third kappa shape index (κ3) is 2.31. The highest BCUT2D eigenvalue weighted by atomic mass is 15.0. The van der Waals surface area contributed by atoms with Gasteiger partial charge in [-0.2, -0.15) is 0 Å². The Bertz CT molecular complexity index is 642. The van der Waals surface area contributed by atoms with Crippen molar-refractivity contribution in [3.05, 3.63) is 40.5 Å². The van der Waals surface area contributed by atoms with Crippen LogP contribution in [0.25, 0.3) is 11.4 Å². The molecular formula is C16H20N4. The molecule has 4 heteroatoms. The highest BCUT2D eigenvalue weighted by Gasteiger charge is 2.21. The lowest BCUT2D eigenvalue weighted by molar-refractivity contribution is 0.746. The van der Waals surface area contributed by atoms with Crippen LogP contribution in [-0.4, -0.2) is 15.0 Å². The van der Waals surface area contributed by atoms with Gasteiger partial charge in [0.05, 0.1) is 11.4 Å². The molecule has 0 spiro atoms. The SMILES string of the molecule is Cc1cc(-c2nc3c(c(C(C)C)n2)CNC3)cc(C)n1. The van der Waals surface area contributed by atoms with E-state index in [2.05, 4.69) is 36.3 Å². The molecule has 2 aromatic rings. The Morgan fingerprint density at radius 2 is 1.70 bits per heavy atom. The van der Waals surface area contributed by atoms with E-state index >= 15 is 0 Å². The van der Waals surface area contributed by atoms with Gasteiger partial charge in [0.15, 0.2) is 5.82 Å². The fourth-order valence-corrected chi connectivity index (χ4v) is 2.76. The molecule has 0 saturated heterocycles. The van der Waals surface area contributed by atoms with Gasteiger partial charge in [0.2, 0.25) is 0 Å². The van der Waals surface area contributed by atoms with Gasteiger partial charge in [-0.3, -0.25) is 4.98 Å². The monoisotopic (exact) mass is 268 g/mol. The van der Waals surface area contributed by atoms with Crippen LogP contribution < -0.4 is 5.32 Å². The quantitative estimate of drug-likeness (QED) is 0.910. The average Bonchev–Trinajstić information content (AvgIpc) is 2.84. The Balaban J connectivity index is 2.17. The molecular weight excluding hydrogens is 248 g/mol. The summed E-state index contributed by atoms with van der Waals surface area (Å²) in [5, 5.41) is 3.37. The summed E-state index contributed by atoms with van der Waals surface area (Å²) in [5.41, 5.74) is 6.67. The summed E-state index contributed by atoms with van der Waals surface area (Å²) >= 11 is 0. The van der Waals surface area contributed by atoms with Crippen molar-refractivity contribution < 1.29 is 0 Å². The minimum absolute atomic E-state index is 0.412. The smallest absolute Gasteiger partial charge is 0.159 e. The summed E-state index contributed by atoms with van der Waals surface area (Å²) in [4.78, 5) is 14.0. The number of nitrogens with one attached hydrogen (secondary N) is 1. The molecule has 1 aliphatic rings. The largest absolute Gasteiger partial charge is 0.307 e. The molecule has 0 radical (unpaired) electrons. The minimum atomic E-state index is 0.412. The highest BCUT2D eigenvalue weighted by Crippen LogP contribution is 2.27. The number of nitrogens with zero attached hydrogens (tertiary/aromatic N) is 3. The summed E-state index contributed by atoms with van der Waals surface area (Å²) in [6.07, 6.45) is 0. The Morgan fingerprint density at radius 3 is 2.35 bits per heavy atom. The van der Waals surface area contributed by atoms with Crippen molar-refractivity contribution in [2.45, 2.75) is 46.7 Å². The molecule has 0 aliphatic carbocycles. The summed E-state index contributed by atoms with van der Waals surface area (Å²) in [6, 6.07) is 4.11. The van der Waals surface area contributed by atoms with Crippen LogP contribution in [0.1, 0.15) is 48.1 Å². The van der Waals surface area contributed by atoms with Crippen molar-refractivity contribution in [3.63, 3.8) is 0 Å². The van der Waals surface area contributed by atoms with E-state index in [1.807, 2.05) is 13.8 Å². The Hall–Kier alpha value is -1.81. The fraction of sp³-hybridized carbons (Fsp3) is 0.438. The van der Waals surface area contributed by atoms with E-state index < -0.39 is 0 Å². The number of hydrogen-bond acceptors (Lipinski definition) is 4. The summed E-state index contributed by atoms with van der Waals surface area (Å²) in [5.74, 6) is 1.24. The van der Waals surface area contributed by atoms with Crippen molar-refractivity contribution in [1.82, 2.24) is 20.3 Å². The molecule has 0 saturated carbocycles. The van der Waals surface area contributed by atoms with Crippen LogP contribution in [-0.2, 0) is 13.1 Å². The molecule has 3 heterocycles. The van der Waals surface area contributed by atoms with E-state index in [1.54, 1.807) is 0 Å². The fourth-order valence-electron chi connectivity index (χ4n) is 2.76. The number of fused-ring (bicyclic) bond motifs is 1. The lowest BCUT2D eigenvalue weighted by atomic mass is 10.0. The first-order valence-corrected chi connectivity index (χ1v) is 7.10. The standard InChI is InChI=1S/C16H20N4/c1-9(2)15-13-7-17-8-14(13)19-16(20-15)12-5-10(3)18-11(4)6-12/h5-6,9,17H,7-8H2,1-4H3. The zero-order valence-corrected chi connectivity index (χ0v) is 12.5. The summed E-state index contributed by atoms with van der Waals surface area (Å²) in [6.45, 7) is 10.1. The normalized spacial score (nSPS) is 13.8. The highest BCUT2D eigenvalue weighted by molar-refractivity contribution is 5.57. The van der Waals surface area contributed by atoms with Crippen molar-refractivity contribution in [1.29, 1.82) is 0 Å². The maximum Gasteiger partial charge on any atom is 0.159 e. The Labute approximate surface area is 119 Å². The van der Waals surface area contributed by atoms with Gasteiger partial charge in [0.1, 0.15) is 0 Å². The van der Waals surface area contributed by atoms with Crippen LogP contribution in [0.3, 0.4) is 0 Å². The van der Waals surface area contributed by atoms with Crippen molar-refractivity contribution >= 4 is 0 Å². The number of aryl methyl sites for hydroxylation is 2. The molecule has 3 rings (SSSR count). The number of aromatic nitrogens is 3. The molecule has 0 amide bonds. The maximum atomic E-state index is 4.82. The minimum Gasteiger partial charge on any atom is -0.307 e. The number of pyridine rings is 1. The second-order valence-electron chi connectivity index (χ2n) is 5.75. The third-order valence-corrected chi connectivity index (χ3v) is 3.61.